The Kier molecular flexibility index (Phi) is 4.82. The first-order valence-corrected chi connectivity index (χ1v) is 6.98. The highest BCUT2D eigenvalue weighted by molar-refractivity contribution is 5.89. The van der Waals surface area contributed by atoms with Gasteiger partial charge in [-0.1, -0.05) is 12.1 Å². The zero-order chi connectivity index (χ0) is 15.2. The fourth-order valence-electron chi connectivity index (χ4n) is 2.00. The Hall–Kier alpha value is -2.49. The number of rotatable bonds is 5. The first-order valence-electron chi connectivity index (χ1n) is 6.98. The van der Waals surface area contributed by atoms with Gasteiger partial charge in [-0.15, -0.1) is 0 Å². The summed E-state index contributed by atoms with van der Waals surface area (Å²) >= 11 is 0. The van der Waals surface area contributed by atoms with Crippen LogP contribution in [0, 0.1) is 6.92 Å². The lowest BCUT2D eigenvalue weighted by atomic mass is 10.2. The standard InChI is InChI=1S/C17H20N2O2/c1-4-18-14-6-5-7-15(10-14)21-16-9-8-12(2)17(11-16)19-13(3)20/h5-11,18H,4H2,1-3H3,(H,19,20). The first-order chi connectivity index (χ1) is 10.1. The van der Waals surface area contributed by atoms with Crippen LogP contribution in [0.4, 0.5) is 11.4 Å². The van der Waals surface area contributed by atoms with Crippen molar-refractivity contribution in [2.45, 2.75) is 20.8 Å². The van der Waals surface area contributed by atoms with Crippen LogP contribution < -0.4 is 15.4 Å². The van der Waals surface area contributed by atoms with E-state index < -0.39 is 0 Å². The van der Waals surface area contributed by atoms with E-state index >= 15 is 0 Å². The largest absolute Gasteiger partial charge is 0.457 e. The van der Waals surface area contributed by atoms with E-state index in [9.17, 15) is 4.79 Å². The summed E-state index contributed by atoms with van der Waals surface area (Å²) in [5.74, 6) is 1.36. The van der Waals surface area contributed by atoms with Crippen molar-refractivity contribution in [3.8, 4) is 11.5 Å². The maximum atomic E-state index is 11.2. The number of amides is 1. The van der Waals surface area contributed by atoms with E-state index in [1.54, 1.807) is 0 Å². The number of nitrogens with one attached hydrogen (secondary N) is 2. The summed E-state index contributed by atoms with van der Waals surface area (Å²) in [6, 6.07) is 13.4. The van der Waals surface area contributed by atoms with Crippen molar-refractivity contribution in [1.29, 1.82) is 0 Å². The molecule has 0 bridgehead atoms. The number of carbonyl (C=O) groups excluding carboxylic acids is 1. The topological polar surface area (TPSA) is 50.4 Å². The Balaban J connectivity index is 2.19. The fraction of sp³-hybridized carbons (Fsp3) is 0.235. The van der Waals surface area contributed by atoms with Gasteiger partial charge in [-0.3, -0.25) is 4.79 Å². The van der Waals surface area contributed by atoms with Crippen LogP contribution in [-0.2, 0) is 4.79 Å². The zero-order valence-corrected chi connectivity index (χ0v) is 12.6. The lowest BCUT2D eigenvalue weighted by molar-refractivity contribution is -0.114. The molecule has 0 unspecified atom stereocenters. The van der Waals surface area contributed by atoms with Gasteiger partial charge in [0.25, 0.3) is 0 Å². The van der Waals surface area contributed by atoms with Gasteiger partial charge in [0, 0.05) is 37.0 Å². The molecule has 2 aromatic carbocycles. The molecule has 0 aliphatic carbocycles. The van der Waals surface area contributed by atoms with Crippen molar-refractivity contribution < 1.29 is 9.53 Å². The number of carbonyl (C=O) groups is 1. The van der Waals surface area contributed by atoms with Crippen LogP contribution in [0.2, 0.25) is 0 Å². The number of ether oxygens (including phenoxy) is 1. The van der Waals surface area contributed by atoms with Crippen LogP contribution in [0.15, 0.2) is 42.5 Å². The van der Waals surface area contributed by atoms with Crippen LogP contribution in [0.1, 0.15) is 19.4 Å². The molecule has 0 atom stereocenters. The van der Waals surface area contributed by atoms with E-state index in [-0.39, 0.29) is 5.91 Å². The summed E-state index contributed by atoms with van der Waals surface area (Å²) in [4.78, 5) is 11.2. The van der Waals surface area contributed by atoms with Gasteiger partial charge in [0.15, 0.2) is 0 Å². The third kappa shape index (κ3) is 4.24. The summed E-state index contributed by atoms with van der Waals surface area (Å²) in [5, 5.41) is 6.04. The van der Waals surface area contributed by atoms with Crippen LogP contribution >= 0.6 is 0 Å². The van der Waals surface area contributed by atoms with Gasteiger partial charge in [-0.05, 0) is 37.6 Å². The van der Waals surface area contributed by atoms with Crippen LogP contribution in [0.3, 0.4) is 0 Å². The second-order valence-corrected chi connectivity index (χ2v) is 4.82. The molecular weight excluding hydrogens is 264 g/mol. The van der Waals surface area contributed by atoms with E-state index in [2.05, 4.69) is 10.6 Å². The maximum Gasteiger partial charge on any atom is 0.221 e. The van der Waals surface area contributed by atoms with Crippen LogP contribution in [-0.4, -0.2) is 12.5 Å². The van der Waals surface area contributed by atoms with Crippen molar-refractivity contribution in [3.05, 3.63) is 48.0 Å². The second kappa shape index (κ2) is 6.79. The van der Waals surface area contributed by atoms with Crippen LogP contribution in [0.5, 0.6) is 11.5 Å². The Bertz CT molecular complexity index is 638. The molecule has 0 heterocycles. The van der Waals surface area contributed by atoms with Crippen molar-refractivity contribution in [2.75, 3.05) is 17.2 Å². The molecule has 4 heteroatoms. The second-order valence-electron chi connectivity index (χ2n) is 4.82. The Labute approximate surface area is 125 Å². The van der Waals surface area contributed by atoms with Crippen LogP contribution in [0.25, 0.3) is 0 Å². The van der Waals surface area contributed by atoms with E-state index in [1.807, 2.05) is 56.3 Å². The maximum absolute atomic E-state index is 11.2. The predicted octanol–water partition coefficient (Wildman–Crippen LogP) is 4.18. The molecule has 2 N–H and O–H groups in total. The minimum Gasteiger partial charge on any atom is -0.457 e. The van der Waals surface area contributed by atoms with E-state index in [4.69, 9.17) is 4.74 Å². The van der Waals surface area contributed by atoms with Gasteiger partial charge in [-0.25, -0.2) is 0 Å². The smallest absolute Gasteiger partial charge is 0.221 e. The Morgan fingerprint density at radius 3 is 2.62 bits per heavy atom. The molecule has 0 aromatic heterocycles. The molecule has 0 aliphatic rings. The minimum atomic E-state index is -0.0932. The van der Waals surface area contributed by atoms with Gasteiger partial charge in [-0.2, -0.15) is 0 Å². The number of anilines is 2. The first kappa shape index (κ1) is 14.9. The highest BCUT2D eigenvalue weighted by Gasteiger charge is 2.04. The lowest BCUT2D eigenvalue weighted by Crippen LogP contribution is -2.07. The molecule has 110 valence electrons. The van der Waals surface area contributed by atoms with E-state index in [0.29, 0.717) is 5.75 Å². The van der Waals surface area contributed by atoms with Gasteiger partial charge < -0.3 is 15.4 Å². The molecule has 21 heavy (non-hydrogen) atoms. The monoisotopic (exact) mass is 284 g/mol. The molecule has 0 fully saturated rings. The molecule has 0 spiro atoms. The van der Waals surface area contributed by atoms with E-state index in [1.165, 1.54) is 6.92 Å². The molecule has 4 nitrogen and oxygen atoms in total. The summed E-state index contributed by atoms with van der Waals surface area (Å²) in [6.45, 7) is 6.35. The molecule has 1 amide bonds. The zero-order valence-electron chi connectivity index (χ0n) is 12.6. The van der Waals surface area contributed by atoms with Crippen molar-refractivity contribution in [1.82, 2.24) is 0 Å². The third-order valence-electron chi connectivity index (χ3n) is 2.97. The molecule has 0 saturated carbocycles. The number of hydrogen-bond donors (Lipinski definition) is 2. The average molecular weight is 284 g/mol. The average Bonchev–Trinajstić information content (AvgIpc) is 2.43. The molecule has 2 rings (SSSR count). The SMILES string of the molecule is CCNc1cccc(Oc2ccc(C)c(NC(C)=O)c2)c1. The normalized spacial score (nSPS) is 10.0. The Morgan fingerprint density at radius 1 is 1.14 bits per heavy atom. The predicted molar refractivity (Wildman–Crippen MR) is 86.2 cm³/mol. The number of hydrogen-bond acceptors (Lipinski definition) is 3. The van der Waals surface area contributed by atoms with Crippen molar-refractivity contribution in [2.24, 2.45) is 0 Å². The third-order valence-corrected chi connectivity index (χ3v) is 2.97. The van der Waals surface area contributed by atoms with Crippen molar-refractivity contribution >= 4 is 17.3 Å². The molecule has 0 aliphatic heterocycles. The molecule has 0 saturated heterocycles. The summed E-state index contributed by atoms with van der Waals surface area (Å²) in [6.07, 6.45) is 0. The summed E-state index contributed by atoms with van der Waals surface area (Å²) < 4.78 is 5.85. The number of benzene rings is 2. The van der Waals surface area contributed by atoms with Gasteiger partial charge >= 0.3 is 0 Å². The fourth-order valence-corrected chi connectivity index (χ4v) is 2.00. The van der Waals surface area contributed by atoms with Crippen molar-refractivity contribution in [3.63, 3.8) is 0 Å². The molecule has 0 radical (unpaired) electrons. The quantitative estimate of drug-likeness (QED) is 0.866. The highest BCUT2D eigenvalue weighted by Crippen LogP contribution is 2.28. The lowest BCUT2D eigenvalue weighted by Gasteiger charge is -2.11. The highest BCUT2D eigenvalue weighted by atomic mass is 16.5. The van der Waals surface area contributed by atoms with Gasteiger partial charge in [0.1, 0.15) is 11.5 Å². The summed E-state index contributed by atoms with van der Waals surface area (Å²) in [5.41, 5.74) is 2.78. The summed E-state index contributed by atoms with van der Waals surface area (Å²) in [7, 11) is 0. The Morgan fingerprint density at radius 2 is 1.90 bits per heavy atom. The number of aryl methyl sites for hydroxylation is 1. The molecule has 2 aromatic rings. The minimum absolute atomic E-state index is 0.0932. The van der Waals surface area contributed by atoms with E-state index in [0.717, 1.165) is 29.2 Å². The van der Waals surface area contributed by atoms with Gasteiger partial charge in [0.05, 0.1) is 0 Å². The molecular formula is C17H20N2O2. The van der Waals surface area contributed by atoms with Gasteiger partial charge in [0.2, 0.25) is 5.91 Å².